The second-order valence-corrected chi connectivity index (χ2v) is 36.7. The van der Waals surface area contributed by atoms with E-state index in [1.165, 1.54) is 9.80 Å². The number of nitrogens with one attached hydrogen (secondary N) is 4. The molecule has 6 heterocycles. The Labute approximate surface area is 619 Å². The lowest BCUT2D eigenvalue weighted by Crippen LogP contribution is -2.57. The van der Waals surface area contributed by atoms with Crippen molar-refractivity contribution in [3.05, 3.63) is 72.1 Å². The van der Waals surface area contributed by atoms with Gasteiger partial charge in [0.1, 0.15) is 69.5 Å². The molecule has 2 aromatic heterocycles. The van der Waals surface area contributed by atoms with Gasteiger partial charge < -0.3 is 48.9 Å². The molecule has 4 saturated carbocycles. The first-order valence-electron chi connectivity index (χ1n) is 37.0. The van der Waals surface area contributed by atoms with Gasteiger partial charge in [0, 0.05) is 48.6 Å². The molecule has 0 bridgehead atoms. The van der Waals surface area contributed by atoms with Gasteiger partial charge in [-0.3, -0.25) is 47.8 Å². The summed E-state index contributed by atoms with van der Waals surface area (Å²) in [4.78, 5) is 133. The number of sulfonamides is 2. The van der Waals surface area contributed by atoms with E-state index in [1.807, 2.05) is 24.3 Å². The molecule has 30 heteroatoms. The molecule has 10 atom stereocenters. The van der Waals surface area contributed by atoms with Gasteiger partial charge in [0.15, 0.2) is 0 Å². The van der Waals surface area contributed by atoms with Crippen molar-refractivity contribution >= 4 is 89.5 Å². The predicted molar refractivity (Wildman–Crippen MR) is 390 cm³/mol. The van der Waals surface area contributed by atoms with Crippen LogP contribution in [0.15, 0.2) is 60.7 Å². The highest BCUT2D eigenvalue weighted by molar-refractivity contribution is 7.92. The number of allylic oxidation sites excluding steroid dienone is 2. The van der Waals surface area contributed by atoms with Crippen molar-refractivity contribution in [1.82, 2.24) is 49.8 Å². The molecule has 8 aliphatic rings. The highest BCUT2D eigenvalue weighted by Crippen LogP contribution is 2.50. The van der Waals surface area contributed by atoms with E-state index in [2.05, 4.69) is 40.0 Å². The van der Waals surface area contributed by atoms with Crippen LogP contribution in [0, 0.1) is 37.5 Å². The van der Waals surface area contributed by atoms with Crippen molar-refractivity contribution in [2.45, 2.75) is 254 Å². The van der Waals surface area contributed by atoms with Crippen LogP contribution in [0.1, 0.15) is 195 Å². The monoisotopic (exact) mass is 1510 g/mol. The average molecular weight is 1510 g/mol. The van der Waals surface area contributed by atoms with Crippen LogP contribution in [0.3, 0.4) is 0 Å². The van der Waals surface area contributed by atoms with Crippen molar-refractivity contribution in [3.63, 3.8) is 0 Å². The van der Waals surface area contributed by atoms with Crippen molar-refractivity contribution < 1.29 is 83.6 Å². The zero-order valence-corrected chi connectivity index (χ0v) is 64.4. The standard InChI is InChI=1S/2C38H51N5O9S/c2*1-23-33(40-29-19-26(50-6)14-15-28(29)39-23)51-27-20-30-32(45)41-38(35(47)42-53(48,49)37(5)16-17-37)21-25(38)13-11-9-7-8-10-12-24(34(46)43(30)22-27)18-31(44)52-36(2,3)4/h2*11,13-15,19,24-25,27,30H,7-10,12,16-18,20-22H2,1-6H3,(H,41,45)(H,42,47)/b2*13-11-/t2*24-,25-,27-,30+,38-/m11/s1. The van der Waals surface area contributed by atoms with Gasteiger partial charge in [0.05, 0.1) is 71.7 Å². The van der Waals surface area contributed by atoms with Crippen molar-refractivity contribution in [3.8, 4) is 23.3 Å². The zero-order chi connectivity index (χ0) is 76.7. The Kier molecular flexibility index (Phi) is 22.7. The maximum Gasteiger partial charge on any atom is 0.307 e. The van der Waals surface area contributed by atoms with E-state index in [-0.39, 0.29) is 63.4 Å². The topological polar surface area (TPSA) is 366 Å². The fourth-order valence-electron chi connectivity index (χ4n) is 14.3. The average Bonchev–Trinajstić information content (AvgIpc) is 1.57. The Morgan fingerprint density at radius 2 is 0.925 bits per heavy atom. The maximum atomic E-state index is 14.5. The number of rotatable bonds is 16. The number of aromatic nitrogens is 4. The fraction of sp³-hybridized carbons (Fsp3) is 0.632. The van der Waals surface area contributed by atoms with E-state index < -0.39 is 147 Å². The molecule has 4 aliphatic carbocycles. The molecule has 2 saturated heterocycles. The van der Waals surface area contributed by atoms with Crippen LogP contribution in [0.5, 0.6) is 23.3 Å². The van der Waals surface area contributed by atoms with E-state index in [0.717, 1.165) is 25.7 Å². The second-order valence-electron chi connectivity index (χ2n) is 32.3. The van der Waals surface area contributed by atoms with Gasteiger partial charge in [-0.05, 0) is 171 Å². The molecule has 4 N–H and O–H groups in total. The van der Waals surface area contributed by atoms with Gasteiger partial charge in [-0.25, -0.2) is 36.8 Å². The molecule has 576 valence electrons. The Hall–Kier alpha value is -8.54. The largest absolute Gasteiger partial charge is 0.497 e. The van der Waals surface area contributed by atoms with E-state index in [1.54, 1.807) is 120 Å². The summed E-state index contributed by atoms with van der Waals surface area (Å²) in [5.74, 6) is -5.32. The summed E-state index contributed by atoms with van der Waals surface area (Å²) >= 11 is 0. The van der Waals surface area contributed by atoms with Gasteiger partial charge in [-0.2, -0.15) is 0 Å². The fourth-order valence-corrected chi connectivity index (χ4v) is 17.0. The summed E-state index contributed by atoms with van der Waals surface area (Å²) < 4.78 is 89.6. The molecule has 4 aliphatic heterocycles. The van der Waals surface area contributed by atoms with E-state index in [4.69, 9.17) is 28.4 Å². The van der Waals surface area contributed by atoms with Crippen LogP contribution in [-0.2, 0) is 67.9 Å². The summed E-state index contributed by atoms with van der Waals surface area (Å²) in [5.41, 5.74) is -1.11. The third kappa shape index (κ3) is 18.0. The quantitative estimate of drug-likeness (QED) is 0.0608. The van der Waals surface area contributed by atoms with E-state index >= 15 is 0 Å². The molecule has 2 aromatic carbocycles. The Morgan fingerprint density at radius 3 is 1.27 bits per heavy atom. The molecule has 106 heavy (non-hydrogen) atoms. The van der Waals surface area contributed by atoms with Crippen molar-refractivity contribution in [2.75, 3.05) is 27.3 Å². The van der Waals surface area contributed by atoms with Gasteiger partial charge in [0.25, 0.3) is 11.8 Å². The summed E-state index contributed by atoms with van der Waals surface area (Å²) in [5, 5.41) is 5.79. The summed E-state index contributed by atoms with van der Waals surface area (Å²) in [6, 6.07) is 8.46. The molecule has 4 aromatic rings. The molecular formula is C76H102N10O18S2. The Balaban J connectivity index is 0.000000212. The second kappa shape index (κ2) is 30.6. The Morgan fingerprint density at radius 1 is 0.547 bits per heavy atom. The lowest BCUT2D eigenvalue weighted by molar-refractivity contribution is -0.159. The van der Waals surface area contributed by atoms with Gasteiger partial charge in [-0.15, -0.1) is 0 Å². The van der Waals surface area contributed by atoms with Gasteiger partial charge in [-0.1, -0.05) is 50.0 Å². The molecule has 0 spiro atoms. The predicted octanol–water partition coefficient (Wildman–Crippen LogP) is 8.07. The number of hydrogen-bond donors (Lipinski definition) is 4. The minimum absolute atomic E-state index is 0.00820. The minimum atomic E-state index is -3.98. The van der Waals surface area contributed by atoms with Crippen LogP contribution < -0.4 is 39.0 Å². The van der Waals surface area contributed by atoms with E-state index in [9.17, 15) is 55.2 Å². The SMILES string of the molecule is COc1ccc2nc(C)c(O[C@@H]3C[C@H]4C(=O)N[C@]5(C(=O)NS(=O)(=O)C6(C)CC6)C[C@H]5/C=C\CCCCC[C@H](CC(=O)OC(C)(C)C)C(=O)N4C3)nc2c1.COc1ccc2nc(C)c(O[C@@H]3C[C@H]4C(=O)N[C@]5(C(=O)NS(=O)(=O)C6(C)CC6)C[C@H]5/C=C\CCCCC[C@H](CC(=O)OC(C)(C)C)C(=O)N4C3)nc2c1. The number of amides is 6. The first-order chi connectivity index (χ1) is 49.9. The number of methoxy groups -OCH3 is 2. The summed E-state index contributed by atoms with van der Waals surface area (Å²) in [6.07, 6.45) is 15.1. The smallest absolute Gasteiger partial charge is 0.307 e. The molecule has 6 fully saturated rings. The number of nitrogens with zero attached hydrogens (tertiary/aromatic N) is 6. The van der Waals surface area contributed by atoms with Crippen molar-refractivity contribution in [2.24, 2.45) is 23.7 Å². The molecule has 0 unspecified atom stereocenters. The lowest BCUT2D eigenvalue weighted by Gasteiger charge is -2.30. The highest BCUT2D eigenvalue weighted by atomic mass is 32.2. The number of fused-ring (bicyclic) bond motifs is 6. The third-order valence-electron chi connectivity index (χ3n) is 21.4. The van der Waals surface area contributed by atoms with Crippen LogP contribution in [0.25, 0.3) is 22.1 Å². The lowest BCUT2D eigenvalue weighted by atomic mass is 9.95. The first kappa shape index (κ1) is 78.5. The summed E-state index contributed by atoms with van der Waals surface area (Å²) in [6.45, 7) is 17.3. The van der Waals surface area contributed by atoms with Crippen LogP contribution >= 0.6 is 0 Å². The third-order valence-corrected chi connectivity index (χ3v) is 25.7. The number of aryl methyl sites for hydroxylation is 2. The van der Waals surface area contributed by atoms with Gasteiger partial charge >= 0.3 is 11.9 Å². The number of benzene rings is 2. The number of carbonyl (C=O) groups is 8. The normalized spacial score (nSPS) is 28.0. The highest BCUT2D eigenvalue weighted by Gasteiger charge is 2.65. The molecular weight excluding hydrogens is 1410 g/mol. The minimum Gasteiger partial charge on any atom is -0.497 e. The van der Waals surface area contributed by atoms with Crippen LogP contribution in [-0.4, -0.2) is 177 Å². The zero-order valence-electron chi connectivity index (χ0n) is 62.8. The van der Waals surface area contributed by atoms with Gasteiger partial charge in [0.2, 0.25) is 55.4 Å². The molecule has 12 rings (SSSR count). The summed E-state index contributed by atoms with van der Waals surface area (Å²) in [7, 11) is -4.85. The number of carbonyl (C=O) groups excluding carboxylic acids is 8. The maximum absolute atomic E-state index is 14.5. The number of ether oxygens (including phenoxy) is 6. The number of hydrogen-bond acceptors (Lipinski definition) is 22. The first-order valence-corrected chi connectivity index (χ1v) is 40.0. The van der Waals surface area contributed by atoms with Crippen molar-refractivity contribution in [1.29, 1.82) is 0 Å². The van der Waals surface area contributed by atoms with E-state index in [0.29, 0.717) is 109 Å². The Bertz CT molecular complexity index is 4120. The molecule has 0 radical (unpaired) electrons. The molecule has 6 amide bonds. The molecule has 28 nitrogen and oxygen atoms in total. The number of esters is 2. The van der Waals surface area contributed by atoms with Crippen LogP contribution in [0.4, 0.5) is 0 Å². The van der Waals surface area contributed by atoms with Crippen LogP contribution in [0.2, 0.25) is 0 Å².